The van der Waals surface area contributed by atoms with E-state index in [0.717, 1.165) is 30.4 Å². The minimum Gasteiger partial charge on any atom is -0.324 e. The Morgan fingerprint density at radius 3 is 2.45 bits per heavy atom. The number of carbonyl (C=O) groups excluding carboxylic acids is 1. The van der Waals surface area contributed by atoms with Crippen LogP contribution >= 0.6 is 0 Å². The van der Waals surface area contributed by atoms with Gasteiger partial charge in [0.15, 0.2) is 0 Å². The van der Waals surface area contributed by atoms with Crippen molar-refractivity contribution in [3.63, 3.8) is 0 Å². The van der Waals surface area contributed by atoms with E-state index in [0.29, 0.717) is 11.4 Å². The third-order valence-corrected chi connectivity index (χ3v) is 5.02. The van der Waals surface area contributed by atoms with Crippen LogP contribution in [0, 0.1) is 13.8 Å². The van der Waals surface area contributed by atoms with Crippen molar-refractivity contribution in [2.45, 2.75) is 46.6 Å². The number of benzene rings is 2. The molecule has 1 N–H and O–H groups in total. The first kappa shape index (κ1) is 20.5. The third-order valence-electron chi connectivity index (χ3n) is 5.02. The Morgan fingerprint density at radius 1 is 1.00 bits per heavy atom. The maximum atomic E-state index is 12.4. The van der Waals surface area contributed by atoms with Crippen molar-refractivity contribution < 1.29 is 4.79 Å². The fourth-order valence-electron chi connectivity index (χ4n) is 3.09. The lowest BCUT2D eigenvalue weighted by Crippen LogP contribution is -2.29. The Kier molecular flexibility index (Phi) is 6.60. The maximum Gasteiger partial charge on any atom is 0.267 e. The van der Waals surface area contributed by atoms with Gasteiger partial charge in [-0.1, -0.05) is 37.6 Å². The second-order valence-electron chi connectivity index (χ2n) is 7.36. The van der Waals surface area contributed by atoms with Crippen molar-refractivity contribution in [2.24, 2.45) is 0 Å². The summed E-state index contributed by atoms with van der Waals surface area (Å²) < 4.78 is 1.20. The fraction of sp³-hybridized carbons (Fsp3) is 0.292. The minimum atomic E-state index is -0.303. The minimum absolute atomic E-state index is 0.130. The molecule has 1 amide bonds. The molecule has 29 heavy (non-hydrogen) atoms. The molecule has 5 nitrogen and oxygen atoms in total. The molecule has 0 radical (unpaired) electrons. The zero-order valence-corrected chi connectivity index (χ0v) is 17.2. The van der Waals surface area contributed by atoms with Crippen molar-refractivity contribution in [1.29, 1.82) is 0 Å². The van der Waals surface area contributed by atoms with Gasteiger partial charge >= 0.3 is 0 Å². The number of aromatic nitrogens is 2. The Hall–Kier alpha value is -3.21. The quantitative estimate of drug-likeness (QED) is 0.647. The molecule has 0 aliphatic rings. The second kappa shape index (κ2) is 9.32. The van der Waals surface area contributed by atoms with Crippen LogP contribution < -0.4 is 10.9 Å². The lowest BCUT2D eigenvalue weighted by molar-refractivity contribution is -0.117. The first-order valence-electron chi connectivity index (χ1n) is 10.0. The predicted octanol–water partition coefficient (Wildman–Crippen LogP) is 4.51. The molecule has 0 spiro atoms. The van der Waals surface area contributed by atoms with E-state index in [-0.39, 0.29) is 18.0 Å². The summed E-state index contributed by atoms with van der Waals surface area (Å²) in [5, 5.41) is 7.22. The lowest BCUT2D eigenvalue weighted by Gasteiger charge is -2.10. The number of unbranched alkanes of at least 4 members (excludes halogenated alkanes) is 1. The molecule has 150 valence electrons. The van der Waals surface area contributed by atoms with Crippen molar-refractivity contribution in [1.82, 2.24) is 9.78 Å². The molecule has 5 heteroatoms. The SMILES string of the molecule is CCCCc1ccc(NC(=O)Cn2nc(-c3ccc(C)c(C)c3)ccc2=O)cc1. The molecular weight excluding hydrogens is 362 g/mol. The van der Waals surface area contributed by atoms with Gasteiger partial charge in [0.1, 0.15) is 6.54 Å². The molecule has 3 aromatic rings. The van der Waals surface area contributed by atoms with Gasteiger partial charge in [0.25, 0.3) is 5.56 Å². The first-order valence-corrected chi connectivity index (χ1v) is 10.0. The van der Waals surface area contributed by atoms with Crippen LogP contribution in [0.4, 0.5) is 5.69 Å². The Labute approximate surface area is 171 Å². The maximum absolute atomic E-state index is 12.4. The Morgan fingerprint density at radius 2 is 1.76 bits per heavy atom. The van der Waals surface area contributed by atoms with Gasteiger partial charge in [0.2, 0.25) is 5.91 Å². The van der Waals surface area contributed by atoms with E-state index in [1.165, 1.54) is 21.9 Å². The van der Waals surface area contributed by atoms with Gasteiger partial charge in [0.05, 0.1) is 5.69 Å². The number of nitrogens with zero attached hydrogens (tertiary/aromatic N) is 2. The highest BCUT2D eigenvalue weighted by Crippen LogP contribution is 2.19. The number of aryl methyl sites for hydroxylation is 3. The van der Waals surface area contributed by atoms with Crippen LogP contribution in [-0.4, -0.2) is 15.7 Å². The molecule has 1 heterocycles. The molecule has 0 saturated heterocycles. The van der Waals surface area contributed by atoms with Crippen LogP contribution in [0.5, 0.6) is 0 Å². The summed E-state index contributed by atoms with van der Waals surface area (Å²) in [6.07, 6.45) is 3.34. The summed E-state index contributed by atoms with van der Waals surface area (Å²) in [7, 11) is 0. The third kappa shape index (κ3) is 5.41. The summed E-state index contributed by atoms with van der Waals surface area (Å²) in [6, 6.07) is 17.0. The zero-order valence-electron chi connectivity index (χ0n) is 17.2. The van der Waals surface area contributed by atoms with Gasteiger partial charge in [0, 0.05) is 17.3 Å². The van der Waals surface area contributed by atoms with Crippen LogP contribution in [-0.2, 0) is 17.8 Å². The number of carbonyl (C=O) groups is 1. The van der Waals surface area contributed by atoms with E-state index in [2.05, 4.69) is 17.3 Å². The number of nitrogens with one attached hydrogen (secondary N) is 1. The van der Waals surface area contributed by atoms with Crippen molar-refractivity contribution in [3.05, 3.63) is 81.6 Å². The van der Waals surface area contributed by atoms with Crippen LogP contribution in [0.25, 0.3) is 11.3 Å². The van der Waals surface area contributed by atoms with Crippen molar-refractivity contribution >= 4 is 11.6 Å². The normalized spacial score (nSPS) is 10.7. The number of rotatable bonds is 7. The zero-order chi connectivity index (χ0) is 20.8. The van der Waals surface area contributed by atoms with Crippen LogP contribution in [0.2, 0.25) is 0 Å². The molecule has 3 rings (SSSR count). The number of hydrogen-bond donors (Lipinski definition) is 1. The van der Waals surface area contributed by atoms with Gasteiger partial charge in [-0.05, 0) is 67.6 Å². The highest BCUT2D eigenvalue weighted by atomic mass is 16.2. The molecule has 0 fully saturated rings. The number of anilines is 1. The number of amides is 1. The van der Waals surface area contributed by atoms with Gasteiger partial charge in [-0.25, -0.2) is 4.68 Å². The summed E-state index contributed by atoms with van der Waals surface area (Å²) in [4.78, 5) is 24.6. The van der Waals surface area contributed by atoms with E-state index in [9.17, 15) is 9.59 Å². The Bertz CT molecular complexity index is 1050. The van der Waals surface area contributed by atoms with Gasteiger partial charge in [-0.15, -0.1) is 0 Å². The van der Waals surface area contributed by atoms with E-state index in [1.54, 1.807) is 6.07 Å². The molecular formula is C24H27N3O2. The lowest BCUT2D eigenvalue weighted by atomic mass is 10.0. The highest BCUT2D eigenvalue weighted by molar-refractivity contribution is 5.90. The molecule has 0 aliphatic heterocycles. The van der Waals surface area contributed by atoms with E-state index in [4.69, 9.17) is 0 Å². The van der Waals surface area contributed by atoms with E-state index < -0.39 is 0 Å². The molecule has 2 aromatic carbocycles. The van der Waals surface area contributed by atoms with Crippen molar-refractivity contribution in [3.8, 4) is 11.3 Å². The highest BCUT2D eigenvalue weighted by Gasteiger charge is 2.09. The summed E-state index contributed by atoms with van der Waals surface area (Å²) in [5.74, 6) is -0.279. The average Bonchev–Trinajstić information content (AvgIpc) is 2.71. The smallest absolute Gasteiger partial charge is 0.267 e. The Balaban J connectivity index is 1.71. The van der Waals surface area contributed by atoms with Gasteiger partial charge in [-0.2, -0.15) is 5.10 Å². The monoisotopic (exact) mass is 389 g/mol. The molecule has 0 atom stereocenters. The summed E-state index contributed by atoms with van der Waals surface area (Å²) >= 11 is 0. The second-order valence-corrected chi connectivity index (χ2v) is 7.36. The topological polar surface area (TPSA) is 64.0 Å². The van der Waals surface area contributed by atoms with E-state index in [1.807, 2.05) is 56.3 Å². The molecule has 0 unspecified atom stereocenters. The van der Waals surface area contributed by atoms with Crippen LogP contribution in [0.3, 0.4) is 0 Å². The van der Waals surface area contributed by atoms with Gasteiger partial charge < -0.3 is 5.32 Å². The van der Waals surface area contributed by atoms with Crippen LogP contribution in [0.1, 0.15) is 36.5 Å². The molecule has 0 aliphatic carbocycles. The fourth-order valence-corrected chi connectivity index (χ4v) is 3.09. The average molecular weight is 389 g/mol. The largest absolute Gasteiger partial charge is 0.324 e. The van der Waals surface area contributed by atoms with E-state index >= 15 is 0 Å². The molecule has 0 saturated carbocycles. The standard InChI is InChI=1S/C24H27N3O2/c1-4-5-6-19-8-11-21(12-9-19)25-23(28)16-27-24(29)14-13-22(26-27)20-10-7-17(2)18(3)15-20/h7-15H,4-6,16H2,1-3H3,(H,25,28). The predicted molar refractivity (Wildman–Crippen MR) is 117 cm³/mol. The van der Waals surface area contributed by atoms with Crippen LogP contribution in [0.15, 0.2) is 59.4 Å². The van der Waals surface area contributed by atoms with Crippen molar-refractivity contribution in [2.75, 3.05) is 5.32 Å². The summed E-state index contributed by atoms with van der Waals surface area (Å²) in [5.41, 5.74) is 5.61. The number of hydrogen-bond acceptors (Lipinski definition) is 3. The summed E-state index contributed by atoms with van der Waals surface area (Å²) in [6.45, 7) is 6.12. The van der Waals surface area contributed by atoms with Gasteiger partial charge in [-0.3, -0.25) is 9.59 Å². The molecule has 0 bridgehead atoms. The first-order chi connectivity index (χ1) is 14.0. The molecule has 1 aromatic heterocycles.